The Morgan fingerprint density at radius 1 is 1.07 bits per heavy atom. The Labute approximate surface area is 247 Å². The van der Waals surface area contributed by atoms with Crippen LogP contribution < -0.4 is 27.7 Å². The van der Waals surface area contributed by atoms with Crippen LogP contribution in [0.25, 0.3) is 11.3 Å². The van der Waals surface area contributed by atoms with Crippen LogP contribution >= 0.6 is 23.4 Å². The topological polar surface area (TPSA) is 152 Å². The zero-order valence-corrected chi connectivity index (χ0v) is 24.4. The molecule has 0 saturated heterocycles. The van der Waals surface area contributed by atoms with Crippen LogP contribution in [0.1, 0.15) is 30.5 Å². The van der Waals surface area contributed by atoms with Gasteiger partial charge in [-0.05, 0) is 43.2 Å². The van der Waals surface area contributed by atoms with Crippen molar-refractivity contribution in [3.63, 3.8) is 0 Å². The molecule has 212 valence electrons. The lowest BCUT2D eigenvalue weighted by Crippen LogP contribution is -2.35. The van der Waals surface area contributed by atoms with E-state index in [0.717, 1.165) is 16.0 Å². The lowest BCUT2D eigenvalue weighted by Gasteiger charge is -2.19. The fraction of sp³-hybridized carbons (Fsp3) is 0.200. The Morgan fingerprint density at radius 2 is 1.78 bits per heavy atom. The molecule has 0 aliphatic heterocycles. The van der Waals surface area contributed by atoms with Crippen LogP contribution in [-0.4, -0.2) is 27.3 Å². The second-order valence-corrected chi connectivity index (χ2v) is 11.1. The van der Waals surface area contributed by atoms with Gasteiger partial charge in [0.15, 0.2) is 11.0 Å². The lowest BCUT2D eigenvalue weighted by atomic mass is 10.1. The Balaban J connectivity index is 1.69. The van der Waals surface area contributed by atoms with Crippen molar-refractivity contribution in [2.24, 2.45) is 5.73 Å². The molecular weight excluding hydrogens is 558 g/mol. The largest absolute Gasteiger partial charge is 0.399 e. The average Bonchev–Trinajstić information content (AvgIpc) is 2.94. The zero-order chi connectivity index (χ0) is 29.5. The van der Waals surface area contributed by atoms with Crippen molar-refractivity contribution in [1.29, 1.82) is 5.41 Å². The van der Waals surface area contributed by atoms with E-state index in [4.69, 9.17) is 28.5 Å². The van der Waals surface area contributed by atoms with Crippen LogP contribution in [0.4, 0.5) is 11.5 Å². The Bertz CT molecular complexity index is 1610. The summed E-state index contributed by atoms with van der Waals surface area (Å²) in [6.45, 7) is 3.71. The summed E-state index contributed by atoms with van der Waals surface area (Å²) >= 11 is 8.32. The van der Waals surface area contributed by atoms with Gasteiger partial charge in [-0.1, -0.05) is 66.2 Å². The molecule has 0 spiro atoms. The predicted molar refractivity (Wildman–Crippen MR) is 167 cm³/mol. The van der Waals surface area contributed by atoms with E-state index < -0.39 is 5.56 Å². The highest BCUT2D eigenvalue weighted by Gasteiger charge is 2.22. The second kappa shape index (κ2) is 13.4. The van der Waals surface area contributed by atoms with Gasteiger partial charge in [0.2, 0.25) is 5.91 Å². The highest BCUT2D eigenvalue weighted by Crippen LogP contribution is 2.37. The minimum atomic E-state index is -0.472. The van der Waals surface area contributed by atoms with Gasteiger partial charge in [0, 0.05) is 40.0 Å². The van der Waals surface area contributed by atoms with Crippen molar-refractivity contribution in [2.45, 2.75) is 43.6 Å². The van der Waals surface area contributed by atoms with Crippen LogP contribution in [0.15, 0.2) is 82.5 Å². The minimum Gasteiger partial charge on any atom is -0.399 e. The number of thioether (sulfide) groups is 1. The van der Waals surface area contributed by atoms with Gasteiger partial charge < -0.3 is 22.1 Å². The van der Waals surface area contributed by atoms with Crippen molar-refractivity contribution in [3.05, 3.63) is 105 Å². The first-order valence-corrected chi connectivity index (χ1v) is 14.3. The lowest BCUT2D eigenvalue weighted by molar-refractivity contribution is -0.121. The van der Waals surface area contributed by atoms with Gasteiger partial charge in [-0.3, -0.25) is 19.6 Å². The molecule has 0 aliphatic rings. The van der Waals surface area contributed by atoms with Crippen LogP contribution in [0.3, 0.4) is 0 Å². The van der Waals surface area contributed by atoms with Gasteiger partial charge in [0.1, 0.15) is 12.4 Å². The Hall–Kier alpha value is -4.28. The Kier molecular flexibility index (Phi) is 9.69. The van der Waals surface area contributed by atoms with Gasteiger partial charge in [0.05, 0.1) is 5.69 Å². The van der Waals surface area contributed by atoms with Crippen molar-refractivity contribution in [1.82, 2.24) is 14.9 Å². The maximum atomic E-state index is 13.7. The van der Waals surface area contributed by atoms with Crippen LogP contribution in [0.2, 0.25) is 5.15 Å². The number of hydrogen-bond acceptors (Lipinski definition) is 7. The molecule has 0 bridgehead atoms. The molecular formula is C30H32ClN7O2S. The number of nitrogens with one attached hydrogen (secondary N) is 3. The molecule has 41 heavy (non-hydrogen) atoms. The molecule has 9 nitrogen and oxygen atoms in total. The van der Waals surface area contributed by atoms with Crippen molar-refractivity contribution in [2.75, 3.05) is 11.1 Å². The summed E-state index contributed by atoms with van der Waals surface area (Å²) in [5.74, 6) is 0.326. The molecule has 0 saturated carbocycles. The number of nitrogens with two attached hydrogens (primary N) is 2. The van der Waals surface area contributed by atoms with Crippen LogP contribution in [0.5, 0.6) is 0 Å². The molecule has 0 atom stereocenters. The maximum Gasteiger partial charge on any atom is 0.294 e. The van der Waals surface area contributed by atoms with E-state index in [1.54, 1.807) is 48.2 Å². The molecule has 0 aliphatic carbocycles. The van der Waals surface area contributed by atoms with Crippen molar-refractivity contribution < 1.29 is 4.79 Å². The van der Waals surface area contributed by atoms with Crippen molar-refractivity contribution in [3.8, 4) is 11.3 Å². The number of aromatic nitrogens is 2. The van der Waals surface area contributed by atoms with Gasteiger partial charge in [-0.25, -0.2) is 4.98 Å². The van der Waals surface area contributed by atoms with Gasteiger partial charge in [0.25, 0.3) is 5.56 Å². The fourth-order valence-corrected chi connectivity index (χ4v) is 5.39. The molecule has 0 radical (unpaired) electrons. The summed E-state index contributed by atoms with van der Waals surface area (Å²) in [5.41, 5.74) is 15.2. The minimum absolute atomic E-state index is 0.0317. The number of hydrogen-bond donors (Lipinski definition) is 5. The molecule has 11 heteroatoms. The predicted octanol–water partition coefficient (Wildman–Crippen LogP) is 4.86. The summed E-state index contributed by atoms with van der Waals surface area (Å²) in [6, 6.07) is 22.3. The molecule has 4 aromatic rings. The summed E-state index contributed by atoms with van der Waals surface area (Å²) in [7, 11) is 0. The number of rotatable bonds is 11. The third kappa shape index (κ3) is 7.68. The monoisotopic (exact) mass is 589 g/mol. The van der Waals surface area contributed by atoms with Crippen molar-refractivity contribution >= 4 is 46.6 Å². The number of nitrogen functional groups attached to an aromatic ring is 2. The first kappa shape index (κ1) is 29.7. The van der Waals surface area contributed by atoms with E-state index >= 15 is 0 Å². The summed E-state index contributed by atoms with van der Waals surface area (Å²) in [4.78, 5) is 32.0. The first-order valence-electron chi connectivity index (χ1n) is 13.0. The SMILES string of the molecule is CC(C)Nc1nc(Cl)c(-c2cc(N)ccc2SCc2ccccc2)n(CC(=O)NCc2ccc(C(=N)N)cc2)c1=O. The molecule has 7 N–H and O–H groups in total. The van der Waals surface area contributed by atoms with Gasteiger partial charge >= 0.3 is 0 Å². The van der Waals surface area contributed by atoms with E-state index in [9.17, 15) is 9.59 Å². The van der Waals surface area contributed by atoms with Gasteiger partial charge in [-0.15, -0.1) is 11.8 Å². The number of amides is 1. The zero-order valence-electron chi connectivity index (χ0n) is 22.8. The van der Waals surface area contributed by atoms with E-state index in [1.165, 1.54) is 4.57 Å². The fourth-order valence-electron chi connectivity index (χ4n) is 4.11. The average molecular weight is 590 g/mol. The molecule has 0 unspecified atom stereocenters. The van der Waals surface area contributed by atoms with Crippen LogP contribution in [-0.2, 0) is 23.6 Å². The number of carbonyl (C=O) groups is 1. The quantitative estimate of drug-likeness (QED) is 0.0725. The molecule has 3 aromatic carbocycles. The number of halogens is 1. The normalized spacial score (nSPS) is 10.9. The number of carbonyl (C=O) groups excluding carboxylic acids is 1. The maximum absolute atomic E-state index is 13.7. The first-order chi connectivity index (χ1) is 19.6. The van der Waals surface area contributed by atoms with Crippen LogP contribution in [0, 0.1) is 5.41 Å². The third-order valence-corrected chi connectivity index (χ3v) is 7.51. The van der Waals surface area contributed by atoms with E-state index in [2.05, 4.69) is 15.6 Å². The molecule has 1 amide bonds. The second-order valence-electron chi connectivity index (χ2n) is 9.71. The summed E-state index contributed by atoms with van der Waals surface area (Å²) in [6.07, 6.45) is 0. The number of amidine groups is 1. The number of anilines is 2. The van der Waals surface area contributed by atoms with E-state index in [0.29, 0.717) is 28.3 Å². The third-order valence-electron chi connectivity index (χ3n) is 6.10. The summed E-state index contributed by atoms with van der Waals surface area (Å²) in [5, 5.41) is 13.5. The number of benzene rings is 3. The summed E-state index contributed by atoms with van der Waals surface area (Å²) < 4.78 is 1.34. The molecule has 4 rings (SSSR count). The van der Waals surface area contributed by atoms with E-state index in [-0.39, 0.29) is 41.8 Å². The van der Waals surface area contributed by atoms with E-state index in [1.807, 2.05) is 50.2 Å². The highest BCUT2D eigenvalue weighted by atomic mass is 35.5. The number of nitrogens with zero attached hydrogens (tertiary/aromatic N) is 2. The molecule has 0 fully saturated rings. The molecule has 1 aromatic heterocycles. The Morgan fingerprint density at radius 3 is 2.44 bits per heavy atom. The van der Waals surface area contributed by atoms with Gasteiger partial charge in [-0.2, -0.15) is 0 Å². The highest BCUT2D eigenvalue weighted by molar-refractivity contribution is 7.98. The smallest absolute Gasteiger partial charge is 0.294 e. The standard InChI is InChI=1S/C30H32ClN7O2S/c1-18(2)36-29-30(40)38(16-25(39)35-15-19-8-10-21(11-9-19)28(33)34)26(27(31)37-29)23-14-22(32)12-13-24(23)41-17-20-6-4-3-5-7-20/h3-14,18H,15-17,32H2,1-2H3,(H3,33,34)(H,35,39)(H,36,37). The molecule has 1 heterocycles.